The number of aromatic amines is 1. The van der Waals surface area contributed by atoms with E-state index in [2.05, 4.69) is 23.3 Å². The predicted molar refractivity (Wildman–Crippen MR) is 191 cm³/mol. The van der Waals surface area contributed by atoms with Gasteiger partial charge in [-0.3, -0.25) is 9.59 Å². The minimum Gasteiger partial charge on any atom is -0.398 e. The molecule has 2 saturated carbocycles. The van der Waals surface area contributed by atoms with Gasteiger partial charge in [0.2, 0.25) is 0 Å². The third-order valence-corrected chi connectivity index (χ3v) is 11.3. The fraction of sp³-hybridized carbons (Fsp3) is 0.450. The van der Waals surface area contributed by atoms with Crippen molar-refractivity contribution in [1.29, 1.82) is 0 Å². The molecule has 5 nitrogen and oxygen atoms in total. The highest BCUT2D eigenvalue weighted by Gasteiger charge is 2.28. The van der Waals surface area contributed by atoms with Crippen LogP contribution < -0.4 is 11.1 Å². The quantitative estimate of drug-likeness (QED) is 0.124. The SMILES string of the molecule is Cc1[nH]c(C=C2C(=O)Nc3ccc(CCc4c(N)cccc4Cl)cc32)c(C)c1C(=O)C=C1CCCCC1CCC1CCCCC1C. The molecule has 2 aromatic carbocycles. The first-order chi connectivity index (χ1) is 22.2. The van der Waals surface area contributed by atoms with Gasteiger partial charge < -0.3 is 16.0 Å². The number of carbonyl (C=O) groups is 2. The molecular formula is C40H48ClN3O2. The summed E-state index contributed by atoms with van der Waals surface area (Å²) in [4.78, 5) is 30.4. The summed E-state index contributed by atoms with van der Waals surface area (Å²) in [5.74, 6) is 2.14. The minimum atomic E-state index is -0.138. The van der Waals surface area contributed by atoms with Crippen molar-refractivity contribution in [1.82, 2.24) is 4.98 Å². The molecule has 2 fully saturated rings. The summed E-state index contributed by atoms with van der Waals surface area (Å²) in [7, 11) is 0. The first kappa shape index (κ1) is 32.4. The van der Waals surface area contributed by atoms with Crippen molar-refractivity contribution in [2.75, 3.05) is 11.1 Å². The maximum absolute atomic E-state index is 13.8. The number of ketones is 1. The summed E-state index contributed by atoms with van der Waals surface area (Å²) in [6, 6.07) is 11.7. The number of benzene rings is 2. The molecule has 3 aliphatic rings. The molecule has 0 spiro atoms. The highest BCUT2D eigenvalue weighted by molar-refractivity contribution is 6.35. The molecule has 6 rings (SSSR count). The van der Waals surface area contributed by atoms with Crippen LogP contribution in [0.4, 0.5) is 11.4 Å². The molecule has 2 heterocycles. The minimum absolute atomic E-state index is 0.0845. The number of nitrogens with one attached hydrogen (secondary N) is 2. The molecular weight excluding hydrogens is 590 g/mol. The fourth-order valence-corrected chi connectivity index (χ4v) is 8.46. The average Bonchev–Trinajstić information content (AvgIpc) is 3.50. The lowest BCUT2D eigenvalue weighted by Crippen LogP contribution is -2.19. The Hall–Kier alpha value is -3.57. The summed E-state index contributed by atoms with van der Waals surface area (Å²) in [5, 5.41) is 3.68. The number of H-pyrrole nitrogens is 1. The van der Waals surface area contributed by atoms with Crippen molar-refractivity contribution in [3.05, 3.63) is 92.3 Å². The van der Waals surface area contributed by atoms with Gasteiger partial charge in [-0.05, 0) is 130 Å². The number of aryl methyl sites for hydroxylation is 2. The van der Waals surface area contributed by atoms with Crippen LogP contribution in [0, 0.1) is 31.6 Å². The molecule has 242 valence electrons. The molecule has 1 amide bonds. The normalized spacial score (nSPS) is 23.1. The number of hydrogen-bond donors (Lipinski definition) is 3. The molecule has 3 unspecified atom stereocenters. The summed E-state index contributed by atoms with van der Waals surface area (Å²) >= 11 is 6.41. The second kappa shape index (κ2) is 14.0. The molecule has 3 atom stereocenters. The Morgan fingerprint density at radius 3 is 2.63 bits per heavy atom. The number of hydrogen-bond acceptors (Lipinski definition) is 3. The van der Waals surface area contributed by atoms with Gasteiger partial charge in [0, 0.05) is 38.9 Å². The molecule has 0 saturated heterocycles. The monoisotopic (exact) mass is 637 g/mol. The standard InChI is InChI=1S/C40H48ClN3O2/c1-24-9-4-5-10-28(24)17-18-29-11-6-7-12-30(29)22-38(45)39-25(2)37(43-26(39)3)23-33-32-21-27(16-20-36(32)44-40(33)46)15-19-31-34(41)13-8-14-35(31)42/h8,13-14,16,20-24,28-29,43H,4-7,9-12,15,17-19,42H2,1-3H3,(H,44,46). The van der Waals surface area contributed by atoms with Gasteiger partial charge in [0.1, 0.15) is 0 Å². The molecule has 4 N–H and O–H groups in total. The van der Waals surface area contributed by atoms with E-state index in [1.165, 1.54) is 63.4 Å². The lowest BCUT2D eigenvalue weighted by Gasteiger charge is -2.32. The highest BCUT2D eigenvalue weighted by atomic mass is 35.5. The van der Waals surface area contributed by atoms with Gasteiger partial charge in [-0.25, -0.2) is 0 Å². The zero-order valence-corrected chi connectivity index (χ0v) is 28.4. The van der Waals surface area contributed by atoms with Crippen LogP contribution in [0.25, 0.3) is 11.6 Å². The Balaban J connectivity index is 1.20. The number of rotatable bonds is 9. The maximum Gasteiger partial charge on any atom is 0.256 e. The smallest absolute Gasteiger partial charge is 0.256 e. The number of halogens is 1. The third kappa shape index (κ3) is 6.90. The molecule has 1 aromatic heterocycles. The topological polar surface area (TPSA) is 88.0 Å². The lowest BCUT2D eigenvalue weighted by molar-refractivity contribution is -0.110. The van der Waals surface area contributed by atoms with Gasteiger partial charge in [0.15, 0.2) is 5.78 Å². The highest BCUT2D eigenvalue weighted by Crippen LogP contribution is 2.39. The molecule has 0 radical (unpaired) electrons. The van der Waals surface area contributed by atoms with Gasteiger partial charge in [-0.1, -0.05) is 68.3 Å². The van der Waals surface area contributed by atoms with Crippen molar-refractivity contribution >= 4 is 46.3 Å². The maximum atomic E-state index is 13.8. The average molecular weight is 638 g/mol. The molecule has 6 heteroatoms. The zero-order valence-electron chi connectivity index (χ0n) is 27.6. The first-order valence-corrected chi connectivity index (χ1v) is 17.7. The van der Waals surface area contributed by atoms with Crippen molar-refractivity contribution in [2.45, 2.75) is 97.8 Å². The van der Waals surface area contributed by atoms with Crippen molar-refractivity contribution in [3.63, 3.8) is 0 Å². The van der Waals surface area contributed by atoms with E-state index < -0.39 is 0 Å². The predicted octanol–water partition coefficient (Wildman–Crippen LogP) is 10.1. The van der Waals surface area contributed by atoms with Crippen molar-refractivity contribution in [3.8, 4) is 0 Å². The number of allylic oxidation sites excluding steroid dienone is 2. The van der Waals surface area contributed by atoms with E-state index in [-0.39, 0.29) is 11.7 Å². The number of fused-ring (bicyclic) bond motifs is 1. The van der Waals surface area contributed by atoms with Crippen molar-refractivity contribution < 1.29 is 9.59 Å². The number of nitrogen functional groups attached to an aromatic ring is 1. The van der Waals surface area contributed by atoms with Crippen LogP contribution in [0.5, 0.6) is 0 Å². The molecule has 3 aromatic rings. The van der Waals surface area contributed by atoms with Crippen LogP contribution >= 0.6 is 11.6 Å². The molecule has 2 aliphatic carbocycles. The van der Waals surface area contributed by atoms with Gasteiger partial charge in [0.05, 0.1) is 5.57 Å². The Morgan fingerprint density at radius 2 is 1.83 bits per heavy atom. The van der Waals surface area contributed by atoms with E-state index in [0.29, 0.717) is 28.6 Å². The number of amides is 1. The first-order valence-electron chi connectivity index (χ1n) is 17.3. The summed E-state index contributed by atoms with van der Waals surface area (Å²) in [6.45, 7) is 6.38. The number of nitrogens with two attached hydrogens (primary N) is 1. The fourth-order valence-electron chi connectivity index (χ4n) is 8.18. The van der Waals surface area contributed by atoms with E-state index in [1.807, 2.05) is 56.3 Å². The van der Waals surface area contributed by atoms with E-state index >= 15 is 0 Å². The molecule has 46 heavy (non-hydrogen) atoms. The van der Waals surface area contributed by atoms with Gasteiger partial charge in [-0.15, -0.1) is 0 Å². The van der Waals surface area contributed by atoms with Gasteiger partial charge in [0.25, 0.3) is 5.91 Å². The number of aromatic nitrogens is 1. The Morgan fingerprint density at radius 1 is 1.02 bits per heavy atom. The van der Waals surface area contributed by atoms with Crippen LogP contribution in [0.3, 0.4) is 0 Å². The Kier molecular flexibility index (Phi) is 9.89. The molecule has 0 bridgehead atoms. The van der Waals surface area contributed by atoms with Crippen LogP contribution in [0.1, 0.15) is 115 Å². The Bertz CT molecular complexity index is 1680. The zero-order chi connectivity index (χ0) is 32.4. The van der Waals surface area contributed by atoms with Crippen LogP contribution in [0.2, 0.25) is 5.02 Å². The largest absolute Gasteiger partial charge is 0.398 e. The van der Waals surface area contributed by atoms with Gasteiger partial charge in [-0.2, -0.15) is 0 Å². The van der Waals surface area contributed by atoms with Crippen LogP contribution in [-0.2, 0) is 17.6 Å². The molecule has 1 aliphatic heterocycles. The van der Waals surface area contributed by atoms with E-state index in [1.54, 1.807) is 0 Å². The second-order valence-corrected chi connectivity index (χ2v) is 14.4. The van der Waals surface area contributed by atoms with E-state index in [4.69, 9.17) is 17.3 Å². The summed E-state index contributed by atoms with van der Waals surface area (Å²) < 4.78 is 0. The van der Waals surface area contributed by atoms with E-state index in [0.717, 1.165) is 69.6 Å². The van der Waals surface area contributed by atoms with Crippen LogP contribution in [-0.4, -0.2) is 16.7 Å². The van der Waals surface area contributed by atoms with Gasteiger partial charge >= 0.3 is 0 Å². The number of carbonyl (C=O) groups excluding carboxylic acids is 2. The number of anilines is 2. The second-order valence-electron chi connectivity index (χ2n) is 14.0. The van der Waals surface area contributed by atoms with Crippen molar-refractivity contribution in [2.24, 2.45) is 17.8 Å². The lowest BCUT2D eigenvalue weighted by atomic mass is 9.74. The Labute approximate surface area is 279 Å². The summed E-state index contributed by atoms with van der Waals surface area (Å²) in [5.41, 5.74) is 15.8. The summed E-state index contributed by atoms with van der Waals surface area (Å²) in [6.07, 6.45) is 18.0. The van der Waals surface area contributed by atoms with E-state index in [9.17, 15) is 9.59 Å². The third-order valence-electron chi connectivity index (χ3n) is 11.0. The van der Waals surface area contributed by atoms with Crippen LogP contribution in [0.15, 0.2) is 48.0 Å².